The number of benzene rings is 1. The maximum Gasteiger partial charge on any atom is 0.122 e. The van der Waals surface area contributed by atoms with Gasteiger partial charge in [0.2, 0.25) is 0 Å². The minimum absolute atomic E-state index is 0.0590. The number of nitrogens with zero attached hydrogens (tertiary/aromatic N) is 1. The molecule has 0 aliphatic heterocycles. The number of hydrogen-bond acceptors (Lipinski definition) is 4. The van der Waals surface area contributed by atoms with Gasteiger partial charge in [0.1, 0.15) is 5.75 Å². The Kier molecular flexibility index (Phi) is 6.28. The second-order valence-corrected chi connectivity index (χ2v) is 5.26. The van der Waals surface area contributed by atoms with Gasteiger partial charge in [0.05, 0.1) is 7.11 Å². The highest BCUT2D eigenvalue weighted by molar-refractivity contribution is 5.41. The Morgan fingerprint density at radius 1 is 1.26 bits per heavy atom. The summed E-state index contributed by atoms with van der Waals surface area (Å²) in [5.74, 6) is 0.958. The fourth-order valence-electron chi connectivity index (χ4n) is 2.22. The molecule has 4 heteroatoms. The Bertz CT molecular complexity index is 407. The van der Waals surface area contributed by atoms with Crippen LogP contribution < -0.4 is 16.2 Å². The van der Waals surface area contributed by atoms with Gasteiger partial charge in [0.25, 0.3) is 0 Å². The van der Waals surface area contributed by atoms with Crippen molar-refractivity contribution in [3.63, 3.8) is 0 Å². The summed E-state index contributed by atoms with van der Waals surface area (Å²) in [5, 5.41) is 0. The predicted octanol–water partition coefficient (Wildman–Crippen LogP) is 1.07. The molecule has 19 heavy (non-hydrogen) atoms. The first-order chi connectivity index (χ1) is 8.97. The number of methoxy groups -OCH3 is 1. The van der Waals surface area contributed by atoms with E-state index in [1.807, 2.05) is 0 Å². The van der Waals surface area contributed by atoms with Gasteiger partial charge in [-0.15, -0.1) is 0 Å². The van der Waals surface area contributed by atoms with Crippen molar-refractivity contribution in [2.45, 2.75) is 26.3 Å². The van der Waals surface area contributed by atoms with Crippen LogP contribution >= 0.6 is 0 Å². The molecule has 0 saturated carbocycles. The lowest BCUT2D eigenvalue weighted by molar-refractivity contribution is 0.316. The number of hydrogen-bond donors (Lipinski definition) is 2. The van der Waals surface area contributed by atoms with Crippen LogP contribution in [0.15, 0.2) is 12.1 Å². The molecule has 0 fully saturated rings. The molecule has 0 heterocycles. The van der Waals surface area contributed by atoms with Gasteiger partial charge in [-0.1, -0.05) is 6.07 Å². The fourth-order valence-corrected chi connectivity index (χ4v) is 2.22. The minimum atomic E-state index is 0.0590. The van der Waals surface area contributed by atoms with E-state index in [4.69, 9.17) is 16.2 Å². The monoisotopic (exact) mass is 265 g/mol. The van der Waals surface area contributed by atoms with Crippen LogP contribution in [0.4, 0.5) is 0 Å². The predicted molar refractivity (Wildman–Crippen MR) is 80.7 cm³/mol. The first kappa shape index (κ1) is 16.0. The van der Waals surface area contributed by atoms with Crippen LogP contribution in [0, 0.1) is 13.8 Å². The molecule has 1 rings (SSSR count). The molecule has 108 valence electrons. The SMILES string of the molecule is COc1cc(C)c(CCN(C)CC(N)CN)cc1C. The zero-order chi connectivity index (χ0) is 14.4. The van der Waals surface area contributed by atoms with Crippen molar-refractivity contribution in [2.24, 2.45) is 11.5 Å². The summed E-state index contributed by atoms with van der Waals surface area (Å²) in [6.45, 7) is 6.56. The molecular weight excluding hydrogens is 238 g/mol. The van der Waals surface area contributed by atoms with Gasteiger partial charge in [0.15, 0.2) is 0 Å². The summed E-state index contributed by atoms with van der Waals surface area (Å²) in [6.07, 6.45) is 1.02. The topological polar surface area (TPSA) is 64.5 Å². The lowest BCUT2D eigenvalue weighted by Crippen LogP contribution is -2.41. The molecule has 0 aliphatic rings. The maximum atomic E-state index is 5.85. The highest BCUT2D eigenvalue weighted by atomic mass is 16.5. The van der Waals surface area contributed by atoms with Gasteiger partial charge in [-0.05, 0) is 50.1 Å². The van der Waals surface area contributed by atoms with E-state index < -0.39 is 0 Å². The summed E-state index contributed by atoms with van der Waals surface area (Å²) in [5.41, 5.74) is 15.2. The zero-order valence-corrected chi connectivity index (χ0v) is 12.6. The number of nitrogens with two attached hydrogens (primary N) is 2. The standard InChI is InChI=1S/C15H27N3O/c1-11-8-15(19-4)12(2)7-13(11)5-6-18(3)10-14(17)9-16/h7-8,14H,5-6,9-10,16-17H2,1-4H3. The molecule has 4 nitrogen and oxygen atoms in total. The van der Waals surface area contributed by atoms with E-state index in [-0.39, 0.29) is 6.04 Å². The van der Waals surface area contributed by atoms with E-state index in [9.17, 15) is 0 Å². The number of ether oxygens (including phenoxy) is 1. The van der Waals surface area contributed by atoms with Crippen molar-refractivity contribution in [1.82, 2.24) is 4.90 Å². The summed E-state index contributed by atoms with van der Waals surface area (Å²) in [4.78, 5) is 2.23. The van der Waals surface area contributed by atoms with Crippen molar-refractivity contribution < 1.29 is 4.74 Å². The second-order valence-electron chi connectivity index (χ2n) is 5.26. The van der Waals surface area contributed by atoms with Gasteiger partial charge in [0, 0.05) is 25.7 Å². The Labute approximate surface area is 116 Å². The molecule has 1 aromatic rings. The number of aryl methyl sites for hydroxylation is 2. The third kappa shape index (κ3) is 4.82. The van der Waals surface area contributed by atoms with Gasteiger partial charge in [-0.2, -0.15) is 0 Å². The molecular formula is C15H27N3O. The van der Waals surface area contributed by atoms with Crippen molar-refractivity contribution in [1.29, 1.82) is 0 Å². The second kappa shape index (κ2) is 7.48. The zero-order valence-electron chi connectivity index (χ0n) is 12.6. The minimum Gasteiger partial charge on any atom is -0.496 e. The van der Waals surface area contributed by atoms with Crippen LogP contribution in [0.1, 0.15) is 16.7 Å². The average molecular weight is 265 g/mol. The quantitative estimate of drug-likeness (QED) is 0.774. The third-order valence-corrected chi connectivity index (χ3v) is 3.47. The van der Waals surface area contributed by atoms with E-state index in [2.05, 4.69) is 37.9 Å². The normalized spacial score (nSPS) is 12.8. The molecule has 4 N–H and O–H groups in total. The van der Waals surface area contributed by atoms with Crippen LogP contribution in [0.3, 0.4) is 0 Å². The Morgan fingerprint density at radius 2 is 1.95 bits per heavy atom. The average Bonchev–Trinajstić information content (AvgIpc) is 2.39. The summed E-state index contributed by atoms with van der Waals surface area (Å²) in [6, 6.07) is 4.38. The van der Waals surface area contributed by atoms with E-state index >= 15 is 0 Å². The lowest BCUT2D eigenvalue weighted by atomic mass is 10.0. The lowest BCUT2D eigenvalue weighted by Gasteiger charge is -2.21. The van der Waals surface area contributed by atoms with Crippen LogP contribution in [-0.4, -0.2) is 44.7 Å². The van der Waals surface area contributed by atoms with Crippen molar-refractivity contribution in [2.75, 3.05) is 33.8 Å². The number of rotatable bonds is 7. The van der Waals surface area contributed by atoms with Crippen LogP contribution in [0.2, 0.25) is 0 Å². The van der Waals surface area contributed by atoms with E-state index in [0.29, 0.717) is 6.54 Å². The van der Waals surface area contributed by atoms with Gasteiger partial charge in [-0.25, -0.2) is 0 Å². The van der Waals surface area contributed by atoms with Crippen LogP contribution in [0.25, 0.3) is 0 Å². The smallest absolute Gasteiger partial charge is 0.122 e. The Hall–Kier alpha value is -1.10. The number of likely N-dealkylation sites (N-methyl/N-ethyl adjacent to an activating group) is 1. The molecule has 0 radical (unpaired) electrons. The maximum absolute atomic E-state index is 5.85. The molecule has 0 spiro atoms. The molecule has 1 unspecified atom stereocenters. The molecule has 0 aliphatic carbocycles. The van der Waals surface area contributed by atoms with Crippen molar-refractivity contribution >= 4 is 0 Å². The third-order valence-electron chi connectivity index (χ3n) is 3.47. The van der Waals surface area contributed by atoms with Crippen LogP contribution in [-0.2, 0) is 6.42 Å². The highest BCUT2D eigenvalue weighted by Gasteiger charge is 2.08. The van der Waals surface area contributed by atoms with Gasteiger partial charge < -0.3 is 21.1 Å². The fraction of sp³-hybridized carbons (Fsp3) is 0.600. The van der Waals surface area contributed by atoms with Crippen molar-refractivity contribution in [3.8, 4) is 5.75 Å². The molecule has 0 amide bonds. The van der Waals surface area contributed by atoms with E-state index in [1.54, 1.807) is 7.11 Å². The first-order valence-electron chi connectivity index (χ1n) is 6.76. The summed E-state index contributed by atoms with van der Waals surface area (Å²) < 4.78 is 5.33. The largest absolute Gasteiger partial charge is 0.496 e. The van der Waals surface area contributed by atoms with Gasteiger partial charge >= 0.3 is 0 Å². The van der Waals surface area contributed by atoms with Crippen molar-refractivity contribution in [3.05, 3.63) is 28.8 Å². The molecule has 0 aromatic heterocycles. The molecule has 0 bridgehead atoms. The van der Waals surface area contributed by atoms with E-state index in [1.165, 1.54) is 16.7 Å². The Morgan fingerprint density at radius 3 is 2.53 bits per heavy atom. The molecule has 0 saturated heterocycles. The van der Waals surface area contributed by atoms with Gasteiger partial charge in [-0.3, -0.25) is 0 Å². The summed E-state index contributed by atoms with van der Waals surface area (Å²) in [7, 11) is 3.80. The van der Waals surface area contributed by atoms with Crippen LogP contribution in [0.5, 0.6) is 5.75 Å². The molecule has 1 aromatic carbocycles. The highest BCUT2D eigenvalue weighted by Crippen LogP contribution is 2.22. The first-order valence-corrected chi connectivity index (χ1v) is 6.76. The Balaban J connectivity index is 2.60. The van der Waals surface area contributed by atoms with E-state index in [0.717, 1.165) is 25.3 Å². The summed E-state index contributed by atoms with van der Waals surface area (Å²) >= 11 is 0. The molecule has 1 atom stereocenters.